The molecule has 1 aromatic carbocycles. The largest absolute Gasteiger partial charge is 0.456 e. The Morgan fingerprint density at radius 3 is 3.00 bits per heavy atom. The van der Waals surface area contributed by atoms with Crippen molar-refractivity contribution < 1.29 is 13.5 Å². The van der Waals surface area contributed by atoms with Crippen molar-refractivity contribution >= 4 is 11.0 Å². The Morgan fingerprint density at radius 2 is 2.31 bits per heavy atom. The van der Waals surface area contributed by atoms with Crippen LogP contribution in [0.25, 0.3) is 11.0 Å². The Labute approximate surface area is 93.0 Å². The molecule has 1 unspecified atom stereocenters. The van der Waals surface area contributed by atoms with Gasteiger partial charge in [0.25, 0.3) is 0 Å². The summed E-state index contributed by atoms with van der Waals surface area (Å²) in [5, 5.41) is 0.724. The van der Waals surface area contributed by atoms with Gasteiger partial charge < -0.3 is 14.9 Å². The first-order chi connectivity index (χ1) is 7.72. The van der Waals surface area contributed by atoms with Gasteiger partial charge in [0.2, 0.25) is 0 Å². The van der Waals surface area contributed by atoms with Gasteiger partial charge in [-0.05, 0) is 19.1 Å². The Bertz CT molecular complexity index is 481. The molecule has 0 aliphatic rings. The minimum absolute atomic E-state index is 0.254. The lowest BCUT2D eigenvalue weighted by Gasteiger charge is -2.07. The van der Waals surface area contributed by atoms with Crippen LogP contribution >= 0.6 is 0 Å². The first-order valence-corrected chi connectivity index (χ1v) is 5.23. The van der Waals surface area contributed by atoms with Crippen LogP contribution in [-0.2, 0) is 4.74 Å². The first kappa shape index (κ1) is 11.1. The minimum Gasteiger partial charge on any atom is -0.456 e. The Morgan fingerprint density at radius 1 is 1.50 bits per heavy atom. The number of halogens is 1. The molecule has 1 heterocycles. The van der Waals surface area contributed by atoms with Crippen LogP contribution in [0.1, 0.15) is 18.7 Å². The molecule has 0 saturated carbocycles. The van der Waals surface area contributed by atoms with Crippen LogP contribution < -0.4 is 5.73 Å². The van der Waals surface area contributed by atoms with Crippen molar-refractivity contribution in [1.82, 2.24) is 0 Å². The van der Waals surface area contributed by atoms with Crippen molar-refractivity contribution in [3.63, 3.8) is 0 Å². The van der Waals surface area contributed by atoms with Gasteiger partial charge in [0, 0.05) is 12.0 Å². The number of benzene rings is 1. The molecule has 0 aliphatic carbocycles. The van der Waals surface area contributed by atoms with Gasteiger partial charge >= 0.3 is 0 Å². The van der Waals surface area contributed by atoms with Crippen LogP contribution in [0.4, 0.5) is 4.39 Å². The summed E-state index contributed by atoms with van der Waals surface area (Å²) >= 11 is 0. The van der Waals surface area contributed by atoms with Crippen molar-refractivity contribution in [2.24, 2.45) is 5.73 Å². The summed E-state index contributed by atoms with van der Waals surface area (Å²) in [6.07, 6.45) is 0. The molecule has 0 bridgehead atoms. The zero-order valence-corrected chi connectivity index (χ0v) is 9.07. The van der Waals surface area contributed by atoms with Gasteiger partial charge in [-0.2, -0.15) is 0 Å². The Kier molecular flexibility index (Phi) is 3.22. The molecular weight excluding hydrogens is 209 g/mol. The fraction of sp³-hybridized carbons (Fsp3) is 0.333. The van der Waals surface area contributed by atoms with E-state index in [1.165, 1.54) is 6.07 Å². The normalized spacial score (nSPS) is 13.2. The first-order valence-electron chi connectivity index (χ1n) is 5.23. The molecule has 0 saturated heterocycles. The Hall–Kier alpha value is -1.39. The van der Waals surface area contributed by atoms with Crippen molar-refractivity contribution in [2.45, 2.75) is 13.0 Å². The number of ether oxygens (including phenoxy) is 1. The molecule has 0 aliphatic heterocycles. The predicted octanol–water partition coefficient (Wildman–Crippen LogP) is 2.61. The van der Waals surface area contributed by atoms with E-state index in [2.05, 4.69) is 0 Å². The second kappa shape index (κ2) is 4.63. The molecule has 2 rings (SSSR count). The molecule has 2 N–H and O–H groups in total. The average Bonchev–Trinajstić information content (AvgIpc) is 2.71. The molecule has 16 heavy (non-hydrogen) atoms. The summed E-state index contributed by atoms with van der Waals surface area (Å²) in [7, 11) is 0. The number of hydrogen-bond donors (Lipinski definition) is 1. The van der Waals surface area contributed by atoms with E-state index in [1.807, 2.05) is 6.92 Å². The van der Waals surface area contributed by atoms with Crippen LogP contribution in [0.5, 0.6) is 0 Å². The monoisotopic (exact) mass is 223 g/mol. The molecular formula is C12H14FNO2. The van der Waals surface area contributed by atoms with Gasteiger partial charge in [0.05, 0.1) is 12.6 Å². The summed E-state index contributed by atoms with van der Waals surface area (Å²) in [6.45, 7) is 2.87. The highest BCUT2D eigenvalue weighted by atomic mass is 19.1. The highest BCUT2D eigenvalue weighted by molar-refractivity contribution is 5.78. The van der Waals surface area contributed by atoms with Gasteiger partial charge in [0.15, 0.2) is 11.4 Å². The molecule has 86 valence electrons. The highest BCUT2D eigenvalue weighted by Crippen LogP contribution is 2.25. The lowest BCUT2D eigenvalue weighted by molar-refractivity contribution is 0.128. The van der Waals surface area contributed by atoms with Crippen LogP contribution in [0.15, 0.2) is 28.7 Å². The van der Waals surface area contributed by atoms with Crippen molar-refractivity contribution in [2.75, 3.05) is 13.2 Å². The second-order valence-corrected chi connectivity index (χ2v) is 3.57. The summed E-state index contributed by atoms with van der Waals surface area (Å²) in [6, 6.07) is 6.20. The van der Waals surface area contributed by atoms with E-state index < -0.39 is 0 Å². The number of nitrogens with two attached hydrogens (primary N) is 1. The van der Waals surface area contributed by atoms with Crippen LogP contribution in [0, 0.1) is 5.82 Å². The van der Waals surface area contributed by atoms with Gasteiger partial charge in [-0.3, -0.25) is 0 Å². The molecule has 2 aromatic rings. The predicted molar refractivity (Wildman–Crippen MR) is 59.6 cm³/mol. The van der Waals surface area contributed by atoms with Gasteiger partial charge in [-0.1, -0.05) is 12.1 Å². The number of fused-ring (bicyclic) bond motifs is 1. The Balaban J connectivity index is 2.29. The van der Waals surface area contributed by atoms with E-state index in [-0.39, 0.29) is 17.4 Å². The maximum absolute atomic E-state index is 13.3. The zero-order chi connectivity index (χ0) is 11.5. The summed E-state index contributed by atoms with van der Waals surface area (Å²) in [5.74, 6) is 0.181. The molecule has 4 heteroatoms. The van der Waals surface area contributed by atoms with Crippen LogP contribution in [-0.4, -0.2) is 13.2 Å². The molecule has 3 nitrogen and oxygen atoms in total. The molecule has 0 amide bonds. The third-order valence-corrected chi connectivity index (χ3v) is 2.38. The third-order valence-electron chi connectivity index (χ3n) is 2.38. The SMILES string of the molecule is CCOCC(N)c1cc2cccc(F)c2o1. The van der Waals surface area contributed by atoms with E-state index in [4.69, 9.17) is 14.9 Å². The van der Waals surface area contributed by atoms with E-state index in [9.17, 15) is 4.39 Å². The number of rotatable bonds is 4. The van der Waals surface area contributed by atoms with E-state index in [0.29, 0.717) is 19.0 Å². The van der Waals surface area contributed by atoms with Gasteiger partial charge in [-0.15, -0.1) is 0 Å². The number of furan rings is 1. The van der Waals surface area contributed by atoms with Crippen LogP contribution in [0.3, 0.4) is 0 Å². The molecule has 0 spiro atoms. The fourth-order valence-electron chi connectivity index (χ4n) is 1.56. The maximum Gasteiger partial charge on any atom is 0.169 e. The van der Waals surface area contributed by atoms with Crippen molar-refractivity contribution in [3.05, 3.63) is 35.8 Å². The molecule has 0 radical (unpaired) electrons. The van der Waals surface area contributed by atoms with Gasteiger partial charge in [0.1, 0.15) is 5.76 Å². The quantitative estimate of drug-likeness (QED) is 0.866. The molecule has 0 fully saturated rings. The van der Waals surface area contributed by atoms with Crippen LogP contribution in [0.2, 0.25) is 0 Å². The van der Waals surface area contributed by atoms with Crippen molar-refractivity contribution in [3.8, 4) is 0 Å². The fourth-order valence-corrected chi connectivity index (χ4v) is 1.56. The number of hydrogen-bond acceptors (Lipinski definition) is 3. The summed E-state index contributed by atoms with van der Waals surface area (Å²) in [4.78, 5) is 0. The summed E-state index contributed by atoms with van der Waals surface area (Å²) in [5.41, 5.74) is 6.11. The zero-order valence-electron chi connectivity index (χ0n) is 9.07. The number of para-hydroxylation sites is 1. The van der Waals surface area contributed by atoms with Crippen molar-refractivity contribution in [1.29, 1.82) is 0 Å². The van der Waals surface area contributed by atoms with E-state index in [0.717, 1.165) is 5.39 Å². The smallest absolute Gasteiger partial charge is 0.169 e. The topological polar surface area (TPSA) is 48.4 Å². The highest BCUT2D eigenvalue weighted by Gasteiger charge is 2.13. The maximum atomic E-state index is 13.3. The molecule has 1 aromatic heterocycles. The van der Waals surface area contributed by atoms with E-state index >= 15 is 0 Å². The lowest BCUT2D eigenvalue weighted by Crippen LogP contribution is -2.16. The standard InChI is InChI=1S/C12H14FNO2/c1-2-15-7-10(14)11-6-8-4-3-5-9(13)12(8)16-11/h3-6,10H,2,7,14H2,1H3. The minimum atomic E-state index is -0.368. The summed E-state index contributed by atoms with van der Waals surface area (Å²) < 4.78 is 23.9. The second-order valence-electron chi connectivity index (χ2n) is 3.57. The molecule has 1 atom stereocenters. The average molecular weight is 223 g/mol. The van der Waals surface area contributed by atoms with E-state index in [1.54, 1.807) is 18.2 Å². The lowest BCUT2D eigenvalue weighted by atomic mass is 10.2. The third kappa shape index (κ3) is 2.08. The van der Waals surface area contributed by atoms with Gasteiger partial charge in [-0.25, -0.2) is 4.39 Å².